The molecular weight excluding hydrogens is 220 g/mol. The third kappa shape index (κ3) is 4.72. The molecule has 0 aromatic carbocycles. The SMILES string of the molecule is CCN(CCC(N)=S)CCc1cnn(C)c1. The van der Waals surface area contributed by atoms with Crippen LogP contribution < -0.4 is 5.73 Å². The first-order chi connectivity index (χ1) is 7.61. The fourth-order valence-electron chi connectivity index (χ4n) is 1.58. The molecular formula is C11H20N4S. The number of rotatable bonds is 7. The van der Waals surface area contributed by atoms with Crippen molar-refractivity contribution in [1.82, 2.24) is 14.7 Å². The van der Waals surface area contributed by atoms with Crippen LogP contribution in [-0.2, 0) is 13.5 Å². The Kier molecular flexibility index (Phi) is 5.42. The van der Waals surface area contributed by atoms with E-state index in [-0.39, 0.29) is 0 Å². The highest BCUT2D eigenvalue weighted by Gasteiger charge is 2.04. The Labute approximate surface area is 102 Å². The molecule has 2 N–H and O–H groups in total. The van der Waals surface area contributed by atoms with Crippen molar-refractivity contribution in [3.8, 4) is 0 Å². The number of hydrogen-bond donors (Lipinski definition) is 1. The van der Waals surface area contributed by atoms with Crippen LogP contribution in [0.1, 0.15) is 18.9 Å². The maximum atomic E-state index is 5.50. The molecule has 16 heavy (non-hydrogen) atoms. The second-order valence-electron chi connectivity index (χ2n) is 3.92. The molecule has 0 atom stereocenters. The predicted molar refractivity (Wildman–Crippen MR) is 70.4 cm³/mol. The molecule has 0 saturated heterocycles. The van der Waals surface area contributed by atoms with E-state index in [1.165, 1.54) is 5.56 Å². The number of nitrogens with zero attached hydrogens (tertiary/aromatic N) is 3. The van der Waals surface area contributed by atoms with Gasteiger partial charge in [-0.05, 0) is 18.5 Å². The Balaban J connectivity index is 2.30. The molecule has 4 nitrogen and oxygen atoms in total. The minimum absolute atomic E-state index is 0.597. The lowest BCUT2D eigenvalue weighted by Crippen LogP contribution is -2.29. The molecule has 0 radical (unpaired) electrons. The Morgan fingerprint density at radius 1 is 1.56 bits per heavy atom. The summed E-state index contributed by atoms with van der Waals surface area (Å²) in [5, 5.41) is 4.15. The molecule has 0 aliphatic heterocycles. The van der Waals surface area contributed by atoms with Crippen molar-refractivity contribution in [1.29, 1.82) is 0 Å². The molecule has 0 aliphatic rings. The van der Waals surface area contributed by atoms with E-state index in [0.717, 1.165) is 32.5 Å². The molecule has 0 saturated carbocycles. The van der Waals surface area contributed by atoms with Crippen molar-refractivity contribution in [2.45, 2.75) is 19.8 Å². The van der Waals surface area contributed by atoms with Crippen molar-refractivity contribution in [3.05, 3.63) is 18.0 Å². The molecule has 1 heterocycles. The van der Waals surface area contributed by atoms with Crippen LogP contribution in [-0.4, -0.2) is 39.3 Å². The van der Waals surface area contributed by atoms with Gasteiger partial charge in [0.25, 0.3) is 0 Å². The van der Waals surface area contributed by atoms with Gasteiger partial charge >= 0.3 is 0 Å². The normalized spacial score (nSPS) is 10.9. The van der Waals surface area contributed by atoms with Crippen molar-refractivity contribution in [2.24, 2.45) is 12.8 Å². The zero-order valence-electron chi connectivity index (χ0n) is 10.0. The second kappa shape index (κ2) is 6.60. The van der Waals surface area contributed by atoms with Gasteiger partial charge in [-0.2, -0.15) is 5.10 Å². The number of likely N-dealkylation sites (N-methyl/N-ethyl adjacent to an activating group) is 1. The highest BCUT2D eigenvalue weighted by molar-refractivity contribution is 7.80. The van der Waals surface area contributed by atoms with Gasteiger partial charge in [-0.15, -0.1) is 0 Å². The van der Waals surface area contributed by atoms with E-state index in [1.807, 2.05) is 17.9 Å². The lowest BCUT2D eigenvalue weighted by molar-refractivity contribution is 0.300. The summed E-state index contributed by atoms with van der Waals surface area (Å²) in [5.74, 6) is 0. The highest BCUT2D eigenvalue weighted by atomic mass is 32.1. The van der Waals surface area contributed by atoms with Crippen LogP contribution in [0.2, 0.25) is 0 Å². The van der Waals surface area contributed by atoms with E-state index in [2.05, 4.69) is 23.1 Å². The monoisotopic (exact) mass is 240 g/mol. The summed E-state index contributed by atoms with van der Waals surface area (Å²) in [6, 6.07) is 0. The number of thiocarbonyl (C=S) groups is 1. The number of hydrogen-bond acceptors (Lipinski definition) is 3. The molecule has 0 aliphatic carbocycles. The molecule has 0 fully saturated rings. The van der Waals surface area contributed by atoms with Crippen LogP contribution >= 0.6 is 12.2 Å². The van der Waals surface area contributed by atoms with Crippen molar-refractivity contribution < 1.29 is 0 Å². The first kappa shape index (κ1) is 13.1. The molecule has 0 spiro atoms. The average molecular weight is 240 g/mol. The standard InChI is InChI=1S/C11H20N4S/c1-3-15(7-5-11(12)16)6-4-10-8-13-14(2)9-10/h8-9H,3-7H2,1-2H3,(H2,12,16). The van der Waals surface area contributed by atoms with E-state index < -0.39 is 0 Å². The topological polar surface area (TPSA) is 47.1 Å². The quantitative estimate of drug-likeness (QED) is 0.721. The lowest BCUT2D eigenvalue weighted by Gasteiger charge is -2.19. The molecule has 1 rings (SSSR count). The maximum Gasteiger partial charge on any atom is 0.0740 e. The van der Waals surface area contributed by atoms with Crippen LogP contribution in [0.15, 0.2) is 12.4 Å². The van der Waals surface area contributed by atoms with E-state index >= 15 is 0 Å². The molecule has 1 aromatic rings. The Morgan fingerprint density at radius 3 is 2.81 bits per heavy atom. The van der Waals surface area contributed by atoms with Crippen molar-refractivity contribution >= 4 is 17.2 Å². The third-order valence-corrected chi connectivity index (χ3v) is 2.80. The highest BCUT2D eigenvalue weighted by Crippen LogP contribution is 2.00. The zero-order valence-corrected chi connectivity index (χ0v) is 10.8. The molecule has 5 heteroatoms. The minimum Gasteiger partial charge on any atom is -0.393 e. The smallest absolute Gasteiger partial charge is 0.0740 e. The van der Waals surface area contributed by atoms with Crippen LogP contribution in [0, 0.1) is 0 Å². The summed E-state index contributed by atoms with van der Waals surface area (Å²) >= 11 is 4.88. The number of nitrogens with two attached hydrogens (primary N) is 1. The van der Waals surface area contributed by atoms with Crippen LogP contribution in [0.25, 0.3) is 0 Å². The Bertz CT molecular complexity index is 334. The van der Waals surface area contributed by atoms with Gasteiger partial charge in [-0.3, -0.25) is 4.68 Å². The van der Waals surface area contributed by atoms with Gasteiger partial charge in [0.15, 0.2) is 0 Å². The molecule has 90 valence electrons. The molecule has 0 unspecified atom stereocenters. The fraction of sp³-hybridized carbons (Fsp3) is 0.636. The van der Waals surface area contributed by atoms with Gasteiger partial charge in [-0.25, -0.2) is 0 Å². The average Bonchev–Trinajstić information content (AvgIpc) is 2.64. The first-order valence-corrected chi connectivity index (χ1v) is 6.00. The lowest BCUT2D eigenvalue weighted by atomic mass is 10.2. The van der Waals surface area contributed by atoms with E-state index in [0.29, 0.717) is 4.99 Å². The van der Waals surface area contributed by atoms with E-state index in [9.17, 15) is 0 Å². The van der Waals surface area contributed by atoms with Gasteiger partial charge in [0.1, 0.15) is 0 Å². The number of aryl methyl sites for hydroxylation is 1. The Morgan fingerprint density at radius 2 is 2.31 bits per heavy atom. The van der Waals surface area contributed by atoms with Gasteiger partial charge in [0.2, 0.25) is 0 Å². The van der Waals surface area contributed by atoms with Gasteiger partial charge in [-0.1, -0.05) is 19.1 Å². The zero-order chi connectivity index (χ0) is 12.0. The summed E-state index contributed by atoms with van der Waals surface area (Å²) in [5.41, 5.74) is 6.77. The predicted octanol–water partition coefficient (Wildman–Crippen LogP) is 0.961. The summed E-state index contributed by atoms with van der Waals surface area (Å²) in [7, 11) is 1.94. The molecule has 0 bridgehead atoms. The summed E-state index contributed by atoms with van der Waals surface area (Å²) < 4.78 is 1.83. The fourth-order valence-corrected chi connectivity index (χ4v) is 1.68. The maximum absolute atomic E-state index is 5.50. The van der Waals surface area contributed by atoms with Crippen molar-refractivity contribution in [3.63, 3.8) is 0 Å². The summed E-state index contributed by atoms with van der Waals surface area (Å²) in [6.45, 7) is 5.17. The number of aromatic nitrogens is 2. The summed E-state index contributed by atoms with van der Waals surface area (Å²) in [4.78, 5) is 2.95. The molecule has 1 aromatic heterocycles. The van der Waals surface area contributed by atoms with Crippen LogP contribution in [0.3, 0.4) is 0 Å². The van der Waals surface area contributed by atoms with Crippen molar-refractivity contribution in [2.75, 3.05) is 19.6 Å². The van der Waals surface area contributed by atoms with Crippen LogP contribution in [0.5, 0.6) is 0 Å². The second-order valence-corrected chi connectivity index (χ2v) is 4.45. The van der Waals surface area contributed by atoms with E-state index in [1.54, 1.807) is 0 Å². The first-order valence-electron chi connectivity index (χ1n) is 5.60. The van der Waals surface area contributed by atoms with Gasteiger partial charge in [0, 0.05) is 32.8 Å². The minimum atomic E-state index is 0.597. The van der Waals surface area contributed by atoms with Crippen LogP contribution in [0.4, 0.5) is 0 Å². The van der Waals surface area contributed by atoms with Gasteiger partial charge in [0.05, 0.1) is 11.2 Å². The third-order valence-electron chi connectivity index (χ3n) is 2.60. The largest absolute Gasteiger partial charge is 0.393 e. The summed E-state index contributed by atoms with van der Waals surface area (Å²) in [6.07, 6.45) is 5.80. The van der Waals surface area contributed by atoms with Gasteiger partial charge < -0.3 is 10.6 Å². The Hall–Kier alpha value is -0.940. The van der Waals surface area contributed by atoms with E-state index in [4.69, 9.17) is 18.0 Å². The molecule has 0 amide bonds.